The van der Waals surface area contributed by atoms with Gasteiger partial charge in [-0.15, -0.1) is 0 Å². The van der Waals surface area contributed by atoms with E-state index in [0.717, 1.165) is 21.5 Å². The van der Waals surface area contributed by atoms with E-state index in [2.05, 4.69) is 37.1 Å². The Morgan fingerprint density at radius 1 is 1.35 bits per heavy atom. The second kappa shape index (κ2) is 4.14. The monoisotopic (exact) mass is 338 g/mol. The normalized spacial score (nSPS) is 11.2. The van der Waals surface area contributed by atoms with E-state index >= 15 is 0 Å². The molecule has 3 aromatic heterocycles. The van der Waals surface area contributed by atoms with Gasteiger partial charge in [0.2, 0.25) is 0 Å². The first-order valence-electron chi connectivity index (χ1n) is 5.34. The van der Waals surface area contributed by atoms with E-state index in [1.807, 2.05) is 48.4 Å². The standard InChI is InChI=1S/C12H11IN4/c1-9-11(8-16-7-10(13)6-14-16)17-5-3-2-4-12(17)15-9/h2-7H,8H2,1H3. The molecule has 0 aliphatic heterocycles. The Balaban J connectivity index is 2.08. The van der Waals surface area contributed by atoms with Crippen molar-refractivity contribution in [3.05, 3.63) is 51.7 Å². The Kier molecular flexibility index (Phi) is 2.62. The number of hydrogen-bond donors (Lipinski definition) is 0. The van der Waals surface area contributed by atoms with Gasteiger partial charge < -0.3 is 4.40 Å². The van der Waals surface area contributed by atoms with E-state index in [4.69, 9.17) is 0 Å². The molecule has 0 fully saturated rings. The Bertz CT molecular complexity index is 668. The molecule has 3 rings (SSSR count). The molecule has 0 saturated heterocycles. The fraction of sp³-hybridized carbons (Fsp3) is 0.167. The van der Waals surface area contributed by atoms with Crippen LogP contribution in [0.5, 0.6) is 0 Å². The molecule has 0 bridgehead atoms. The maximum Gasteiger partial charge on any atom is 0.137 e. The fourth-order valence-electron chi connectivity index (χ4n) is 1.93. The molecule has 0 aliphatic rings. The van der Waals surface area contributed by atoms with Crippen LogP contribution in [-0.2, 0) is 6.54 Å². The number of fused-ring (bicyclic) bond motifs is 1. The summed E-state index contributed by atoms with van der Waals surface area (Å²) in [4.78, 5) is 4.54. The summed E-state index contributed by atoms with van der Waals surface area (Å²) < 4.78 is 5.20. The summed E-state index contributed by atoms with van der Waals surface area (Å²) in [7, 11) is 0. The van der Waals surface area contributed by atoms with Crippen molar-refractivity contribution in [1.29, 1.82) is 0 Å². The summed E-state index contributed by atoms with van der Waals surface area (Å²) in [5.41, 5.74) is 3.23. The Hall–Kier alpha value is -1.37. The van der Waals surface area contributed by atoms with E-state index in [-0.39, 0.29) is 0 Å². The number of aromatic nitrogens is 4. The van der Waals surface area contributed by atoms with Crippen LogP contribution < -0.4 is 0 Å². The average Bonchev–Trinajstić information content (AvgIpc) is 2.85. The lowest BCUT2D eigenvalue weighted by Gasteiger charge is -2.03. The molecule has 3 heterocycles. The molecule has 0 amide bonds. The summed E-state index contributed by atoms with van der Waals surface area (Å²) in [6, 6.07) is 6.04. The van der Waals surface area contributed by atoms with Gasteiger partial charge in [-0.2, -0.15) is 5.10 Å². The minimum absolute atomic E-state index is 0.750. The molecule has 5 heteroatoms. The van der Waals surface area contributed by atoms with Crippen molar-refractivity contribution < 1.29 is 0 Å². The molecule has 0 N–H and O–H groups in total. The second-order valence-electron chi connectivity index (χ2n) is 3.93. The fourth-order valence-corrected chi connectivity index (χ4v) is 2.38. The Morgan fingerprint density at radius 2 is 2.24 bits per heavy atom. The first-order chi connectivity index (χ1) is 8.24. The van der Waals surface area contributed by atoms with Crippen LogP contribution in [0.1, 0.15) is 11.4 Å². The third kappa shape index (κ3) is 1.95. The summed E-state index contributed by atoms with van der Waals surface area (Å²) in [6.07, 6.45) is 5.93. The third-order valence-corrected chi connectivity index (χ3v) is 3.30. The first-order valence-corrected chi connectivity index (χ1v) is 6.42. The molecule has 3 aromatic rings. The molecule has 0 spiro atoms. The molecule has 0 aromatic carbocycles. The smallest absolute Gasteiger partial charge is 0.137 e. The molecule has 0 unspecified atom stereocenters. The highest BCUT2D eigenvalue weighted by Crippen LogP contribution is 2.13. The molecule has 17 heavy (non-hydrogen) atoms. The number of nitrogens with zero attached hydrogens (tertiary/aromatic N) is 4. The molecule has 0 aliphatic carbocycles. The van der Waals surface area contributed by atoms with Gasteiger partial charge in [-0.05, 0) is 41.6 Å². The minimum atomic E-state index is 0.750. The van der Waals surface area contributed by atoms with Gasteiger partial charge in [0.25, 0.3) is 0 Å². The number of hydrogen-bond acceptors (Lipinski definition) is 2. The zero-order valence-electron chi connectivity index (χ0n) is 9.34. The van der Waals surface area contributed by atoms with Gasteiger partial charge in [-0.25, -0.2) is 4.98 Å². The van der Waals surface area contributed by atoms with Gasteiger partial charge in [-0.1, -0.05) is 6.07 Å². The lowest BCUT2D eigenvalue weighted by molar-refractivity contribution is 0.665. The van der Waals surface area contributed by atoms with Gasteiger partial charge in [0.1, 0.15) is 5.65 Å². The van der Waals surface area contributed by atoms with Gasteiger partial charge in [0, 0.05) is 12.4 Å². The van der Waals surface area contributed by atoms with E-state index in [9.17, 15) is 0 Å². The maximum absolute atomic E-state index is 4.54. The molecule has 0 atom stereocenters. The van der Waals surface area contributed by atoms with Crippen LogP contribution in [0.15, 0.2) is 36.8 Å². The first kappa shape index (κ1) is 10.8. The van der Waals surface area contributed by atoms with Crippen LogP contribution in [-0.4, -0.2) is 19.2 Å². The largest absolute Gasteiger partial charge is 0.302 e. The summed E-state index contributed by atoms with van der Waals surface area (Å²) in [6.45, 7) is 2.79. The molecule has 4 nitrogen and oxygen atoms in total. The van der Waals surface area contributed by atoms with Crippen molar-refractivity contribution >= 4 is 28.2 Å². The number of pyridine rings is 1. The van der Waals surface area contributed by atoms with Crippen molar-refractivity contribution in [2.75, 3.05) is 0 Å². The summed E-state index contributed by atoms with van der Waals surface area (Å²) in [5, 5.41) is 4.31. The van der Waals surface area contributed by atoms with Crippen LogP contribution in [0.2, 0.25) is 0 Å². The highest BCUT2D eigenvalue weighted by Gasteiger charge is 2.08. The third-order valence-electron chi connectivity index (χ3n) is 2.74. The van der Waals surface area contributed by atoms with Gasteiger partial charge in [-0.3, -0.25) is 4.68 Å². The Labute approximate surface area is 112 Å². The van der Waals surface area contributed by atoms with Crippen LogP contribution >= 0.6 is 22.6 Å². The van der Waals surface area contributed by atoms with Crippen LogP contribution in [0, 0.1) is 10.5 Å². The number of imidazole rings is 1. The molecule has 0 saturated carbocycles. The van der Waals surface area contributed by atoms with E-state index < -0.39 is 0 Å². The lowest BCUT2D eigenvalue weighted by atomic mass is 10.3. The van der Waals surface area contributed by atoms with Crippen molar-refractivity contribution in [3.63, 3.8) is 0 Å². The van der Waals surface area contributed by atoms with E-state index in [1.165, 1.54) is 5.69 Å². The quantitative estimate of drug-likeness (QED) is 0.673. The SMILES string of the molecule is Cc1nc2ccccn2c1Cn1cc(I)cn1. The van der Waals surface area contributed by atoms with Crippen LogP contribution in [0.25, 0.3) is 5.65 Å². The Morgan fingerprint density at radius 3 is 3.00 bits per heavy atom. The topological polar surface area (TPSA) is 35.1 Å². The maximum atomic E-state index is 4.54. The molecular formula is C12H11IN4. The van der Waals surface area contributed by atoms with Crippen LogP contribution in [0.4, 0.5) is 0 Å². The van der Waals surface area contributed by atoms with Gasteiger partial charge >= 0.3 is 0 Å². The predicted octanol–water partition coefficient (Wildman–Crippen LogP) is 2.49. The highest BCUT2D eigenvalue weighted by molar-refractivity contribution is 14.1. The van der Waals surface area contributed by atoms with E-state index in [1.54, 1.807) is 0 Å². The van der Waals surface area contributed by atoms with E-state index in [0.29, 0.717) is 0 Å². The number of aryl methyl sites for hydroxylation is 1. The molecule has 86 valence electrons. The summed E-state index contributed by atoms with van der Waals surface area (Å²) >= 11 is 2.26. The van der Waals surface area contributed by atoms with Crippen molar-refractivity contribution in [3.8, 4) is 0 Å². The highest BCUT2D eigenvalue weighted by atomic mass is 127. The van der Waals surface area contributed by atoms with Crippen molar-refractivity contribution in [2.24, 2.45) is 0 Å². The predicted molar refractivity (Wildman–Crippen MR) is 74.0 cm³/mol. The van der Waals surface area contributed by atoms with Gasteiger partial charge in [0.15, 0.2) is 0 Å². The molecule has 0 radical (unpaired) electrons. The second-order valence-corrected chi connectivity index (χ2v) is 5.17. The lowest BCUT2D eigenvalue weighted by Crippen LogP contribution is -2.04. The number of rotatable bonds is 2. The van der Waals surface area contributed by atoms with Crippen LogP contribution in [0.3, 0.4) is 0 Å². The minimum Gasteiger partial charge on any atom is -0.302 e. The molecular weight excluding hydrogens is 327 g/mol. The number of halogens is 1. The average molecular weight is 338 g/mol. The van der Waals surface area contributed by atoms with Gasteiger partial charge in [0.05, 0.1) is 27.7 Å². The zero-order chi connectivity index (χ0) is 11.8. The summed E-state index contributed by atoms with van der Waals surface area (Å²) in [5.74, 6) is 0. The zero-order valence-corrected chi connectivity index (χ0v) is 11.5. The van der Waals surface area contributed by atoms with Crippen molar-refractivity contribution in [1.82, 2.24) is 19.2 Å². The van der Waals surface area contributed by atoms with Crippen molar-refractivity contribution in [2.45, 2.75) is 13.5 Å².